The topological polar surface area (TPSA) is 43.8 Å². The Balaban J connectivity index is 2.29. The van der Waals surface area contributed by atoms with Crippen LogP contribution in [0.4, 0.5) is 4.39 Å². The molecule has 1 heterocycles. The van der Waals surface area contributed by atoms with Crippen molar-refractivity contribution in [2.45, 2.75) is 20.0 Å². The number of halogens is 2. The van der Waals surface area contributed by atoms with Gasteiger partial charge in [-0.2, -0.15) is 0 Å². The van der Waals surface area contributed by atoms with Crippen LogP contribution >= 0.6 is 11.6 Å². The normalized spacial score (nSPS) is 11.2. The summed E-state index contributed by atoms with van der Waals surface area (Å²) in [4.78, 5) is 4.57. The van der Waals surface area contributed by atoms with Crippen LogP contribution in [-0.2, 0) is 13.1 Å². The fourth-order valence-electron chi connectivity index (χ4n) is 2.50. The van der Waals surface area contributed by atoms with Gasteiger partial charge in [0.15, 0.2) is 5.82 Å². The molecule has 5 heteroatoms. The van der Waals surface area contributed by atoms with Crippen LogP contribution in [0.1, 0.15) is 12.5 Å². The van der Waals surface area contributed by atoms with Crippen LogP contribution in [-0.4, -0.2) is 9.55 Å². The van der Waals surface area contributed by atoms with E-state index in [0.29, 0.717) is 24.5 Å². The maximum Gasteiger partial charge on any atom is 0.152 e. The van der Waals surface area contributed by atoms with Gasteiger partial charge in [0.1, 0.15) is 5.82 Å². The molecule has 0 saturated heterocycles. The van der Waals surface area contributed by atoms with Gasteiger partial charge in [0.05, 0.1) is 21.6 Å². The average Bonchev–Trinajstić information content (AvgIpc) is 2.87. The van der Waals surface area contributed by atoms with Crippen molar-refractivity contribution in [2.75, 3.05) is 0 Å². The molecule has 0 saturated carbocycles. The van der Waals surface area contributed by atoms with Crippen molar-refractivity contribution in [1.82, 2.24) is 9.55 Å². The van der Waals surface area contributed by atoms with E-state index in [9.17, 15) is 4.39 Å². The van der Waals surface area contributed by atoms with Crippen molar-refractivity contribution in [1.29, 1.82) is 0 Å². The van der Waals surface area contributed by atoms with Crippen LogP contribution in [0.5, 0.6) is 0 Å². The van der Waals surface area contributed by atoms with Crippen molar-refractivity contribution >= 4 is 22.6 Å². The summed E-state index contributed by atoms with van der Waals surface area (Å²) in [6.07, 6.45) is 0. The van der Waals surface area contributed by atoms with Gasteiger partial charge in [-0.3, -0.25) is 0 Å². The van der Waals surface area contributed by atoms with E-state index < -0.39 is 5.82 Å². The van der Waals surface area contributed by atoms with Crippen molar-refractivity contribution < 1.29 is 4.39 Å². The van der Waals surface area contributed by atoms with E-state index >= 15 is 0 Å². The minimum atomic E-state index is -0.441. The summed E-state index contributed by atoms with van der Waals surface area (Å²) < 4.78 is 16.2. The molecule has 0 aliphatic rings. The molecule has 0 aliphatic heterocycles. The highest BCUT2D eigenvalue weighted by Crippen LogP contribution is 2.30. The second-order valence-electron chi connectivity index (χ2n) is 4.81. The molecule has 0 fully saturated rings. The Bertz CT molecular complexity index is 811. The molecule has 2 aromatic carbocycles. The average molecular weight is 304 g/mol. The number of imidazole rings is 1. The Kier molecular flexibility index (Phi) is 3.66. The molecule has 21 heavy (non-hydrogen) atoms. The summed E-state index contributed by atoms with van der Waals surface area (Å²) >= 11 is 5.88. The van der Waals surface area contributed by atoms with Crippen molar-refractivity contribution in [3.63, 3.8) is 0 Å². The zero-order valence-corrected chi connectivity index (χ0v) is 12.4. The number of hydrogen-bond acceptors (Lipinski definition) is 2. The third-order valence-corrected chi connectivity index (χ3v) is 3.85. The Morgan fingerprint density at radius 3 is 2.81 bits per heavy atom. The van der Waals surface area contributed by atoms with Crippen molar-refractivity contribution in [3.05, 3.63) is 52.8 Å². The number of nitrogens with zero attached hydrogens (tertiary/aromatic N) is 2. The minimum Gasteiger partial charge on any atom is -0.326 e. The molecule has 0 aliphatic carbocycles. The SMILES string of the molecule is CCn1c(-c2cccc(Cl)c2F)nc2cc(CN)ccc21. The first-order valence-electron chi connectivity index (χ1n) is 6.79. The van der Waals surface area contributed by atoms with Gasteiger partial charge in [0, 0.05) is 13.1 Å². The van der Waals surface area contributed by atoms with E-state index in [-0.39, 0.29) is 5.02 Å². The molecule has 0 unspecified atom stereocenters. The maximum absolute atomic E-state index is 14.3. The lowest BCUT2D eigenvalue weighted by Gasteiger charge is -2.07. The molecule has 1 aromatic heterocycles. The Morgan fingerprint density at radius 2 is 2.10 bits per heavy atom. The molecule has 108 valence electrons. The first kappa shape index (κ1) is 14.0. The first-order valence-corrected chi connectivity index (χ1v) is 7.17. The summed E-state index contributed by atoms with van der Waals surface area (Å²) in [6, 6.07) is 10.8. The van der Waals surface area contributed by atoms with Crippen LogP contribution in [0.25, 0.3) is 22.4 Å². The monoisotopic (exact) mass is 303 g/mol. The Morgan fingerprint density at radius 1 is 1.29 bits per heavy atom. The highest BCUT2D eigenvalue weighted by molar-refractivity contribution is 6.31. The Labute approximate surface area is 127 Å². The smallest absolute Gasteiger partial charge is 0.152 e. The molecule has 0 spiro atoms. The number of aromatic nitrogens is 2. The molecule has 0 bridgehead atoms. The van der Waals surface area contributed by atoms with E-state index in [2.05, 4.69) is 4.98 Å². The van der Waals surface area contributed by atoms with E-state index in [0.717, 1.165) is 16.6 Å². The molecule has 0 amide bonds. The predicted molar refractivity (Wildman–Crippen MR) is 83.7 cm³/mol. The number of nitrogens with two attached hydrogens (primary N) is 1. The predicted octanol–water partition coefficient (Wildman–Crippen LogP) is 3.97. The molecule has 3 rings (SSSR count). The molecule has 3 nitrogen and oxygen atoms in total. The van der Waals surface area contributed by atoms with E-state index in [1.54, 1.807) is 12.1 Å². The maximum atomic E-state index is 14.3. The lowest BCUT2D eigenvalue weighted by atomic mass is 10.2. The number of hydrogen-bond donors (Lipinski definition) is 1. The van der Waals surface area contributed by atoms with Gasteiger partial charge in [-0.05, 0) is 36.8 Å². The third kappa shape index (κ3) is 2.30. The van der Waals surface area contributed by atoms with Gasteiger partial charge >= 0.3 is 0 Å². The lowest BCUT2D eigenvalue weighted by Crippen LogP contribution is -1.99. The fraction of sp³-hybridized carbons (Fsp3) is 0.188. The quantitative estimate of drug-likeness (QED) is 0.795. The number of benzene rings is 2. The van der Waals surface area contributed by atoms with Gasteiger partial charge in [0.25, 0.3) is 0 Å². The van der Waals surface area contributed by atoms with Gasteiger partial charge in [-0.25, -0.2) is 9.37 Å². The van der Waals surface area contributed by atoms with Crippen molar-refractivity contribution in [3.8, 4) is 11.4 Å². The van der Waals surface area contributed by atoms with Crippen LogP contribution < -0.4 is 5.73 Å². The van der Waals surface area contributed by atoms with Gasteiger partial charge in [-0.15, -0.1) is 0 Å². The second-order valence-corrected chi connectivity index (χ2v) is 5.22. The fourth-order valence-corrected chi connectivity index (χ4v) is 2.68. The zero-order chi connectivity index (χ0) is 15.0. The summed E-state index contributed by atoms with van der Waals surface area (Å²) in [6.45, 7) is 3.15. The van der Waals surface area contributed by atoms with Crippen LogP contribution in [0.2, 0.25) is 5.02 Å². The summed E-state index contributed by atoms with van der Waals surface area (Å²) in [5.41, 5.74) is 8.85. The zero-order valence-electron chi connectivity index (χ0n) is 11.6. The third-order valence-electron chi connectivity index (χ3n) is 3.56. The number of fused-ring (bicyclic) bond motifs is 1. The summed E-state index contributed by atoms with van der Waals surface area (Å²) in [5.74, 6) is 0.143. The van der Waals surface area contributed by atoms with Gasteiger partial charge in [0.2, 0.25) is 0 Å². The largest absolute Gasteiger partial charge is 0.326 e. The van der Waals surface area contributed by atoms with E-state index in [1.165, 1.54) is 6.07 Å². The molecular formula is C16H15ClFN3. The van der Waals surface area contributed by atoms with Gasteiger partial charge in [-0.1, -0.05) is 23.7 Å². The van der Waals surface area contributed by atoms with Gasteiger partial charge < -0.3 is 10.3 Å². The standard InChI is InChI=1S/C16H15ClFN3/c1-2-21-14-7-6-10(9-19)8-13(14)20-16(21)11-4-3-5-12(17)15(11)18/h3-8H,2,9,19H2,1H3. The number of rotatable bonds is 3. The van der Waals surface area contributed by atoms with E-state index in [4.69, 9.17) is 17.3 Å². The minimum absolute atomic E-state index is 0.102. The molecule has 2 N–H and O–H groups in total. The van der Waals surface area contributed by atoms with Crippen molar-refractivity contribution in [2.24, 2.45) is 5.73 Å². The highest BCUT2D eigenvalue weighted by Gasteiger charge is 2.16. The van der Waals surface area contributed by atoms with E-state index in [1.807, 2.05) is 29.7 Å². The molecular weight excluding hydrogens is 289 g/mol. The molecule has 0 atom stereocenters. The first-order chi connectivity index (χ1) is 10.2. The molecule has 3 aromatic rings. The van der Waals surface area contributed by atoms with Crippen LogP contribution in [0.3, 0.4) is 0 Å². The highest BCUT2D eigenvalue weighted by atomic mass is 35.5. The summed E-state index contributed by atoms with van der Waals surface area (Å²) in [7, 11) is 0. The van der Waals surface area contributed by atoms with Crippen LogP contribution in [0.15, 0.2) is 36.4 Å². The number of aryl methyl sites for hydroxylation is 1. The lowest BCUT2D eigenvalue weighted by molar-refractivity contribution is 0.628. The van der Waals surface area contributed by atoms with Crippen LogP contribution in [0, 0.1) is 5.82 Å². The second kappa shape index (κ2) is 5.47. The Hall–Kier alpha value is -1.91. The molecule has 0 radical (unpaired) electrons. The summed E-state index contributed by atoms with van der Waals surface area (Å²) in [5, 5.41) is 0.102.